The Labute approximate surface area is 172 Å². The van der Waals surface area contributed by atoms with Gasteiger partial charge < -0.3 is 4.55 Å². The second-order valence-electron chi connectivity index (χ2n) is 6.35. The third kappa shape index (κ3) is 3.29. The molecule has 0 saturated carbocycles. The summed E-state index contributed by atoms with van der Waals surface area (Å²) in [5, 5.41) is 17.1. The van der Waals surface area contributed by atoms with Gasteiger partial charge in [-0.25, -0.2) is 9.07 Å². The molecule has 5 aromatic rings. The molecule has 0 radical (unpaired) electrons. The number of hydrogen-bond donors (Lipinski definition) is 0. The van der Waals surface area contributed by atoms with E-state index in [1.807, 2.05) is 0 Å². The fourth-order valence-corrected chi connectivity index (χ4v) is 3.41. The normalized spacial score (nSPS) is 12.4. The van der Waals surface area contributed by atoms with Gasteiger partial charge in [0.1, 0.15) is 24.1 Å². The summed E-state index contributed by atoms with van der Waals surface area (Å²) in [6, 6.07) is 11.3. The van der Waals surface area contributed by atoms with Crippen LogP contribution in [0.5, 0.6) is 0 Å². The van der Waals surface area contributed by atoms with E-state index >= 15 is 0 Å². The molecule has 148 valence electrons. The standard InChI is InChI=1S/C19H13FN8OS/c1-30(29)19-21-9-8-15(23-19)14-10-27(17-7-6-16-24-22-11-28(16)25-17)26-18(14)12-2-4-13(20)5-3-12/h2-11H,1H3. The maximum absolute atomic E-state index is 13.5. The summed E-state index contributed by atoms with van der Waals surface area (Å²) in [5.74, 6) is 0.190. The summed E-state index contributed by atoms with van der Waals surface area (Å²) < 4.78 is 28.4. The van der Waals surface area contributed by atoms with Gasteiger partial charge in [-0.2, -0.15) is 19.6 Å². The van der Waals surface area contributed by atoms with Gasteiger partial charge in [0, 0.05) is 34.7 Å². The zero-order chi connectivity index (χ0) is 20.7. The summed E-state index contributed by atoms with van der Waals surface area (Å²) in [6.07, 6.45) is 6.33. The van der Waals surface area contributed by atoms with Crippen LogP contribution in [-0.4, -0.2) is 50.4 Å². The fourth-order valence-electron chi connectivity index (χ4n) is 2.97. The Kier molecular flexibility index (Phi) is 4.45. The Balaban J connectivity index is 1.69. The SMILES string of the molecule is C[S+]([O-])c1nccc(-c2cn(-c3ccc4nncn4n3)nc2-c2ccc(F)cc2)n1. The van der Waals surface area contributed by atoms with Crippen molar-refractivity contribution >= 4 is 16.8 Å². The molecule has 0 fully saturated rings. The Morgan fingerprint density at radius 3 is 2.67 bits per heavy atom. The predicted octanol–water partition coefficient (Wildman–Crippen LogP) is 2.31. The average molecular weight is 420 g/mol. The fraction of sp³-hybridized carbons (Fsp3) is 0.0526. The van der Waals surface area contributed by atoms with E-state index in [9.17, 15) is 8.94 Å². The van der Waals surface area contributed by atoms with Crippen molar-refractivity contribution in [2.45, 2.75) is 5.16 Å². The summed E-state index contributed by atoms with van der Waals surface area (Å²) in [7, 11) is 0. The van der Waals surface area contributed by atoms with E-state index < -0.39 is 11.2 Å². The third-order valence-corrected chi connectivity index (χ3v) is 5.09. The van der Waals surface area contributed by atoms with Crippen molar-refractivity contribution in [3.8, 4) is 28.3 Å². The van der Waals surface area contributed by atoms with E-state index in [-0.39, 0.29) is 11.0 Å². The van der Waals surface area contributed by atoms with Gasteiger partial charge in [-0.05, 0) is 42.5 Å². The topological polar surface area (TPSA) is 110 Å². The Morgan fingerprint density at radius 2 is 1.87 bits per heavy atom. The molecule has 4 heterocycles. The van der Waals surface area contributed by atoms with E-state index in [0.717, 1.165) is 0 Å². The summed E-state index contributed by atoms with van der Waals surface area (Å²) in [5.41, 5.74) is 3.10. The molecule has 1 unspecified atom stereocenters. The largest absolute Gasteiger partial charge is 0.609 e. The molecular formula is C19H13FN8OS. The van der Waals surface area contributed by atoms with Crippen LogP contribution in [0.4, 0.5) is 4.39 Å². The highest BCUT2D eigenvalue weighted by atomic mass is 32.2. The van der Waals surface area contributed by atoms with Crippen LogP contribution in [0.15, 0.2) is 66.3 Å². The number of nitrogens with zero attached hydrogens (tertiary/aromatic N) is 8. The van der Waals surface area contributed by atoms with Crippen LogP contribution >= 0.6 is 0 Å². The molecule has 0 spiro atoms. The lowest BCUT2D eigenvalue weighted by molar-refractivity contribution is 0.592. The Morgan fingerprint density at radius 1 is 1.03 bits per heavy atom. The molecule has 11 heteroatoms. The molecule has 0 aliphatic rings. The van der Waals surface area contributed by atoms with Crippen LogP contribution in [0, 0.1) is 5.82 Å². The zero-order valence-electron chi connectivity index (χ0n) is 15.5. The monoisotopic (exact) mass is 420 g/mol. The van der Waals surface area contributed by atoms with Crippen LogP contribution in [0.3, 0.4) is 0 Å². The molecule has 5 rings (SSSR count). The molecule has 0 saturated heterocycles. The maximum Gasteiger partial charge on any atom is 0.342 e. The first-order valence-corrected chi connectivity index (χ1v) is 10.3. The van der Waals surface area contributed by atoms with Gasteiger partial charge in [0.25, 0.3) is 0 Å². The number of hydrogen-bond acceptors (Lipinski definition) is 7. The lowest BCUT2D eigenvalue weighted by Crippen LogP contribution is -2.04. The molecule has 0 N–H and O–H groups in total. The first-order valence-electron chi connectivity index (χ1n) is 8.78. The highest BCUT2D eigenvalue weighted by Crippen LogP contribution is 2.31. The highest BCUT2D eigenvalue weighted by Gasteiger charge is 2.18. The molecule has 1 atom stereocenters. The number of aromatic nitrogens is 8. The van der Waals surface area contributed by atoms with E-state index in [1.165, 1.54) is 29.2 Å². The molecule has 1 aromatic carbocycles. The van der Waals surface area contributed by atoms with Crippen molar-refractivity contribution in [2.75, 3.05) is 6.26 Å². The first kappa shape index (κ1) is 18.3. The second kappa shape index (κ2) is 7.28. The predicted molar refractivity (Wildman–Crippen MR) is 107 cm³/mol. The van der Waals surface area contributed by atoms with Crippen molar-refractivity contribution < 1.29 is 8.94 Å². The van der Waals surface area contributed by atoms with Crippen LogP contribution in [0.2, 0.25) is 0 Å². The molecular weight excluding hydrogens is 407 g/mol. The van der Waals surface area contributed by atoms with Crippen molar-refractivity contribution in [1.82, 2.24) is 39.6 Å². The molecule has 4 aromatic heterocycles. The quantitative estimate of drug-likeness (QED) is 0.324. The van der Waals surface area contributed by atoms with Crippen molar-refractivity contribution in [2.24, 2.45) is 0 Å². The van der Waals surface area contributed by atoms with Gasteiger partial charge in [0.05, 0.1) is 5.69 Å². The number of benzene rings is 1. The minimum Gasteiger partial charge on any atom is -0.609 e. The molecule has 0 aliphatic carbocycles. The smallest absolute Gasteiger partial charge is 0.342 e. The lowest BCUT2D eigenvalue weighted by atomic mass is 10.1. The van der Waals surface area contributed by atoms with E-state index in [2.05, 4.69) is 30.4 Å². The van der Waals surface area contributed by atoms with Crippen molar-refractivity contribution in [3.63, 3.8) is 0 Å². The first-order chi connectivity index (χ1) is 14.6. The van der Waals surface area contributed by atoms with Crippen LogP contribution < -0.4 is 0 Å². The second-order valence-corrected chi connectivity index (χ2v) is 7.62. The molecule has 30 heavy (non-hydrogen) atoms. The van der Waals surface area contributed by atoms with Gasteiger partial charge in [-0.1, -0.05) is 0 Å². The van der Waals surface area contributed by atoms with E-state index in [4.69, 9.17) is 0 Å². The van der Waals surface area contributed by atoms with Crippen LogP contribution in [0.25, 0.3) is 34.0 Å². The zero-order valence-corrected chi connectivity index (χ0v) is 16.4. The minimum absolute atomic E-state index is 0.217. The number of rotatable bonds is 4. The highest BCUT2D eigenvalue weighted by molar-refractivity contribution is 7.90. The Bertz CT molecular complexity index is 1350. The number of fused-ring (bicyclic) bond motifs is 1. The molecule has 9 nitrogen and oxygen atoms in total. The van der Waals surface area contributed by atoms with Gasteiger partial charge in [0.15, 0.2) is 11.5 Å². The van der Waals surface area contributed by atoms with E-state index in [0.29, 0.717) is 34.0 Å². The van der Waals surface area contributed by atoms with Gasteiger partial charge in [0.2, 0.25) is 0 Å². The van der Waals surface area contributed by atoms with Crippen molar-refractivity contribution in [1.29, 1.82) is 0 Å². The van der Waals surface area contributed by atoms with Crippen molar-refractivity contribution in [3.05, 3.63) is 67.0 Å². The minimum atomic E-state index is -1.34. The average Bonchev–Trinajstić information content (AvgIpc) is 3.41. The maximum atomic E-state index is 13.5. The molecule has 0 aliphatic heterocycles. The summed E-state index contributed by atoms with van der Waals surface area (Å²) in [6.45, 7) is 0. The van der Waals surface area contributed by atoms with E-state index in [1.54, 1.807) is 47.4 Å². The molecule has 0 amide bonds. The number of halogens is 1. The third-order valence-electron chi connectivity index (χ3n) is 4.38. The summed E-state index contributed by atoms with van der Waals surface area (Å²) >= 11 is -1.34. The van der Waals surface area contributed by atoms with Crippen LogP contribution in [-0.2, 0) is 11.2 Å². The van der Waals surface area contributed by atoms with Gasteiger partial charge in [-0.3, -0.25) is 0 Å². The van der Waals surface area contributed by atoms with Gasteiger partial charge >= 0.3 is 5.16 Å². The van der Waals surface area contributed by atoms with Gasteiger partial charge in [-0.15, -0.1) is 15.3 Å². The summed E-state index contributed by atoms with van der Waals surface area (Å²) in [4.78, 5) is 8.46. The van der Waals surface area contributed by atoms with Crippen LogP contribution in [0.1, 0.15) is 0 Å². The molecule has 0 bridgehead atoms. The Hall–Kier alpha value is -3.70. The lowest BCUT2D eigenvalue weighted by Gasteiger charge is -2.05.